The second kappa shape index (κ2) is 9.38. The molecule has 1 aromatic carbocycles. The summed E-state index contributed by atoms with van der Waals surface area (Å²) in [6.45, 7) is 8.96. The van der Waals surface area contributed by atoms with E-state index in [4.69, 9.17) is 11.6 Å². The molecular weight excluding hydrogens is 268 g/mol. The summed E-state index contributed by atoms with van der Waals surface area (Å²) in [6, 6.07) is 9.26. The normalized spacial score (nSPS) is 13.2. The first kappa shape index (κ1) is 17.5. The third-order valence-electron chi connectivity index (χ3n) is 3.89. The first-order chi connectivity index (χ1) is 9.54. The lowest BCUT2D eigenvalue weighted by Gasteiger charge is -2.21. The van der Waals surface area contributed by atoms with Gasteiger partial charge < -0.3 is 10.2 Å². The average Bonchev–Trinajstić information content (AvgIpc) is 2.43. The molecule has 0 fully saturated rings. The van der Waals surface area contributed by atoms with Gasteiger partial charge in [0.25, 0.3) is 0 Å². The Morgan fingerprint density at radius 2 is 1.80 bits per heavy atom. The number of halogens is 1. The molecule has 1 rings (SSSR count). The van der Waals surface area contributed by atoms with Crippen molar-refractivity contribution in [3.8, 4) is 0 Å². The van der Waals surface area contributed by atoms with E-state index in [0.29, 0.717) is 12.1 Å². The summed E-state index contributed by atoms with van der Waals surface area (Å²) < 4.78 is 0. The standard InChI is InChI=1S/C17H29ClN2/c1-5-17(15-8-10-16(18)11-9-15)19-12-6-7-13-20(4)14(2)3/h8-11,14,17,19H,5-7,12-13H2,1-4H3. The van der Waals surface area contributed by atoms with Crippen LogP contribution in [-0.4, -0.2) is 31.1 Å². The Hall–Kier alpha value is -0.570. The minimum atomic E-state index is 0.440. The first-order valence-corrected chi connectivity index (χ1v) is 8.11. The second-order valence-corrected chi connectivity index (χ2v) is 6.18. The van der Waals surface area contributed by atoms with Gasteiger partial charge in [-0.25, -0.2) is 0 Å². The highest BCUT2D eigenvalue weighted by Gasteiger charge is 2.08. The maximum atomic E-state index is 5.94. The number of hydrogen-bond acceptors (Lipinski definition) is 2. The van der Waals surface area contributed by atoms with E-state index in [-0.39, 0.29) is 0 Å². The van der Waals surface area contributed by atoms with Crippen molar-refractivity contribution >= 4 is 11.6 Å². The fraction of sp³-hybridized carbons (Fsp3) is 0.647. The van der Waals surface area contributed by atoms with E-state index in [1.54, 1.807) is 0 Å². The molecule has 0 amide bonds. The van der Waals surface area contributed by atoms with Crippen molar-refractivity contribution in [1.82, 2.24) is 10.2 Å². The summed E-state index contributed by atoms with van der Waals surface area (Å²) in [6.07, 6.45) is 3.58. The number of nitrogens with zero attached hydrogens (tertiary/aromatic N) is 1. The Kier molecular flexibility index (Phi) is 8.20. The smallest absolute Gasteiger partial charge is 0.0406 e. The zero-order chi connectivity index (χ0) is 15.0. The summed E-state index contributed by atoms with van der Waals surface area (Å²) in [4.78, 5) is 2.40. The van der Waals surface area contributed by atoms with Gasteiger partial charge >= 0.3 is 0 Å². The topological polar surface area (TPSA) is 15.3 Å². The lowest BCUT2D eigenvalue weighted by Crippen LogP contribution is -2.28. The molecule has 1 aromatic rings. The van der Waals surface area contributed by atoms with Gasteiger partial charge in [-0.1, -0.05) is 30.7 Å². The molecule has 1 atom stereocenters. The maximum absolute atomic E-state index is 5.94. The molecule has 0 radical (unpaired) electrons. The molecule has 0 aromatic heterocycles. The van der Waals surface area contributed by atoms with Crippen molar-refractivity contribution in [2.24, 2.45) is 0 Å². The van der Waals surface area contributed by atoms with Gasteiger partial charge in [0, 0.05) is 17.1 Å². The van der Waals surface area contributed by atoms with Crippen LogP contribution in [0.2, 0.25) is 5.02 Å². The third-order valence-corrected chi connectivity index (χ3v) is 4.14. The molecule has 0 aliphatic carbocycles. The Bertz CT molecular complexity index is 362. The predicted molar refractivity (Wildman–Crippen MR) is 89.5 cm³/mol. The monoisotopic (exact) mass is 296 g/mol. The molecule has 114 valence electrons. The van der Waals surface area contributed by atoms with Crippen LogP contribution in [0.25, 0.3) is 0 Å². The fourth-order valence-corrected chi connectivity index (χ4v) is 2.34. The highest BCUT2D eigenvalue weighted by atomic mass is 35.5. The van der Waals surface area contributed by atoms with E-state index >= 15 is 0 Å². The Morgan fingerprint density at radius 1 is 1.15 bits per heavy atom. The summed E-state index contributed by atoms with van der Waals surface area (Å²) in [5.41, 5.74) is 1.33. The number of unbranched alkanes of at least 4 members (excludes halogenated alkanes) is 1. The number of hydrogen-bond donors (Lipinski definition) is 1. The SMILES string of the molecule is CCC(NCCCCN(C)C(C)C)c1ccc(Cl)cc1. The van der Waals surface area contributed by atoms with Crippen molar-refractivity contribution in [2.45, 2.75) is 52.1 Å². The van der Waals surface area contributed by atoms with Gasteiger partial charge in [0.2, 0.25) is 0 Å². The lowest BCUT2D eigenvalue weighted by atomic mass is 10.0. The van der Waals surface area contributed by atoms with E-state index < -0.39 is 0 Å². The second-order valence-electron chi connectivity index (χ2n) is 5.75. The highest BCUT2D eigenvalue weighted by molar-refractivity contribution is 6.30. The van der Waals surface area contributed by atoms with Crippen LogP contribution < -0.4 is 5.32 Å². The predicted octanol–water partition coefficient (Wildman–Crippen LogP) is 4.50. The van der Waals surface area contributed by atoms with Crippen molar-refractivity contribution in [1.29, 1.82) is 0 Å². The van der Waals surface area contributed by atoms with Gasteiger partial charge in [0.15, 0.2) is 0 Å². The molecule has 1 unspecified atom stereocenters. The minimum Gasteiger partial charge on any atom is -0.310 e. The number of nitrogens with one attached hydrogen (secondary N) is 1. The van der Waals surface area contributed by atoms with Crippen LogP contribution in [0, 0.1) is 0 Å². The van der Waals surface area contributed by atoms with Crippen LogP contribution in [0.5, 0.6) is 0 Å². The fourth-order valence-electron chi connectivity index (χ4n) is 2.21. The van der Waals surface area contributed by atoms with Gasteiger partial charge in [0.05, 0.1) is 0 Å². The van der Waals surface area contributed by atoms with E-state index in [1.165, 1.54) is 24.9 Å². The Labute approximate surface area is 129 Å². The molecule has 0 bridgehead atoms. The average molecular weight is 297 g/mol. The van der Waals surface area contributed by atoms with E-state index in [9.17, 15) is 0 Å². The molecular formula is C17H29ClN2. The molecule has 0 spiro atoms. The first-order valence-electron chi connectivity index (χ1n) is 7.73. The van der Waals surface area contributed by atoms with Crippen molar-refractivity contribution in [2.75, 3.05) is 20.1 Å². The highest BCUT2D eigenvalue weighted by Crippen LogP contribution is 2.19. The van der Waals surface area contributed by atoms with Crippen LogP contribution in [0.3, 0.4) is 0 Å². The molecule has 0 saturated heterocycles. The summed E-state index contributed by atoms with van der Waals surface area (Å²) >= 11 is 5.94. The molecule has 0 aliphatic rings. The number of rotatable bonds is 9. The summed E-state index contributed by atoms with van der Waals surface area (Å²) in [7, 11) is 2.20. The number of benzene rings is 1. The van der Waals surface area contributed by atoms with E-state index in [0.717, 1.165) is 18.0 Å². The van der Waals surface area contributed by atoms with Crippen LogP contribution >= 0.6 is 11.6 Å². The van der Waals surface area contributed by atoms with E-state index in [1.807, 2.05) is 12.1 Å². The Balaban J connectivity index is 2.27. The zero-order valence-corrected chi connectivity index (χ0v) is 14.1. The zero-order valence-electron chi connectivity index (χ0n) is 13.3. The quantitative estimate of drug-likeness (QED) is 0.675. The molecule has 2 nitrogen and oxygen atoms in total. The van der Waals surface area contributed by atoms with Crippen LogP contribution in [0.4, 0.5) is 0 Å². The molecule has 0 saturated carbocycles. The minimum absolute atomic E-state index is 0.440. The van der Waals surface area contributed by atoms with Gasteiger partial charge in [-0.3, -0.25) is 0 Å². The van der Waals surface area contributed by atoms with Gasteiger partial charge in [-0.15, -0.1) is 0 Å². The largest absolute Gasteiger partial charge is 0.310 e. The molecule has 20 heavy (non-hydrogen) atoms. The van der Waals surface area contributed by atoms with Crippen molar-refractivity contribution in [3.63, 3.8) is 0 Å². The maximum Gasteiger partial charge on any atom is 0.0406 e. The van der Waals surface area contributed by atoms with Gasteiger partial charge in [-0.2, -0.15) is 0 Å². The lowest BCUT2D eigenvalue weighted by molar-refractivity contribution is 0.267. The van der Waals surface area contributed by atoms with Crippen LogP contribution in [-0.2, 0) is 0 Å². The summed E-state index contributed by atoms with van der Waals surface area (Å²) in [5, 5.41) is 4.45. The third kappa shape index (κ3) is 6.25. The molecule has 1 N–H and O–H groups in total. The van der Waals surface area contributed by atoms with Gasteiger partial charge in [-0.05, 0) is 70.9 Å². The molecule has 0 aliphatic heterocycles. The molecule has 3 heteroatoms. The molecule has 0 heterocycles. The Morgan fingerprint density at radius 3 is 2.35 bits per heavy atom. The van der Waals surface area contributed by atoms with E-state index in [2.05, 4.69) is 50.2 Å². The van der Waals surface area contributed by atoms with Crippen molar-refractivity contribution < 1.29 is 0 Å². The van der Waals surface area contributed by atoms with Gasteiger partial charge in [0.1, 0.15) is 0 Å². The summed E-state index contributed by atoms with van der Waals surface area (Å²) in [5.74, 6) is 0. The van der Waals surface area contributed by atoms with Crippen molar-refractivity contribution in [3.05, 3.63) is 34.9 Å². The van der Waals surface area contributed by atoms with Crippen LogP contribution in [0.15, 0.2) is 24.3 Å². The van der Waals surface area contributed by atoms with Crippen LogP contribution in [0.1, 0.15) is 51.6 Å².